The zero-order chi connectivity index (χ0) is 0. The first kappa shape index (κ1) is 52.4. The van der Waals surface area contributed by atoms with Crippen LogP contribution in [0.25, 0.3) is 0 Å². The standard InChI is InChI=1S/Al.FH.Na.H2O/h;1H;;1H2/q+3;;+1;/p-2. The zero-order valence-electron chi connectivity index (χ0n) is 2.40. The molecule has 16 valence electrons. The fourth-order valence-electron chi connectivity index (χ4n) is 0. The van der Waals surface area contributed by atoms with E-state index in [9.17, 15) is 0 Å². The van der Waals surface area contributed by atoms with Crippen LogP contribution in [0.2, 0.25) is 0 Å². The van der Waals surface area contributed by atoms with Gasteiger partial charge in [0.2, 0.25) is 0 Å². The van der Waals surface area contributed by atoms with Crippen LogP contribution in [-0.2, 0) is 0 Å². The van der Waals surface area contributed by atoms with Gasteiger partial charge in [0.25, 0.3) is 0 Å². The third kappa shape index (κ3) is 9.93. The summed E-state index contributed by atoms with van der Waals surface area (Å²) in [5.41, 5.74) is 0. The molecule has 0 fully saturated rings. The summed E-state index contributed by atoms with van der Waals surface area (Å²) >= 11 is 0. The Morgan fingerprint density at radius 2 is 1.00 bits per heavy atom. The largest absolute Gasteiger partial charge is 3.00 e. The van der Waals surface area contributed by atoms with Crippen molar-refractivity contribution < 1.29 is 39.7 Å². The van der Waals surface area contributed by atoms with Gasteiger partial charge in [0, 0.05) is 0 Å². The molecule has 1 nitrogen and oxygen atoms in total. The first-order valence-corrected chi connectivity index (χ1v) is 0. The van der Waals surface area contributed by atoms with Crippen LogP contribution in [0.5, 0.6) is 0 Å². The van der Waals surface area contributed by atoms with E-state index in [0.717, 1.165) is 0 Å². The van der Waals surface area contributed by atoms with Gasteiger partial charge >= 0.3 is 46.9 Å². The summed E-state index contributed by atoms with van der Waals surface area (Å²) in [4.78, 5) is 0. The van der Waals surface area contributed by atoms with Gasteiger partial charge in [-0.1, -0.05) is 0 Å². The van der Waals surface area contributed by atoms with Crippen LogP contribution in [0.1, 0.15) is 0 Å². The molecule has 1 N–H and O–H groups in total. The van der Waals surface area contributed by atoms with E-state index in [-0.39, 0.29) is 57.1 Å². The second kappa shape index (κ2) is 25.6. The van der Waals surface area contributed by atoms with Crippen molar-refractivity contribution in [3.8, 4) is 0 Å². The molecule has 0 amide bonds. The molecule has 0 aromatic heterocycles. The second-order valence-electron chi connectivity index (χ2n) is 0. The number of rotatable bonds is 0. The normalized spacial score (nSPS) is 0. The third-order valence-electron chi connectivity index (χ3n) is 0. The first-order valence-electron chi connectivity index (χ1n) is 0. The smallest absolute Gasteiger partial charge is 1.00 e. The van der Waals surface area contributed by atoms with Crippen molar-refractivity contribution in [2.75, 3.05) is 0 Å². The minimum Gasteiger partial charge on any atom is -1.00 e. The van der Waals surface area contributed by atoms with Crippen LogP contribution in [-0.4, -0.2) is 22.8 Å². The molecule has 0 rings (SSSR count). The molecule has 0 heterocycles. The maximum atomic E-state index is 0. The van der Waals surface area contributed by atoms with Crippen LogP contribution in [0, 0.1) is 0 Å². The Bertz CT molecular complexity index is 8.00. The first-order chi connectivity index (χ1) is 0. The second-order valence-corrected chi connectivity index (χ2v) is 0. The van der Waals surface area contributed by atoms with E-state index in [0.29, 0.717) is 0 Å². The molecule has 0 saturated carbocycles. The van der Waals surface area contributed by atoms with E-state index in [1.165, 1.54) is 0 Å². The van der Waals surface area contributed by atoms with Crippen molar-refractivity contribution in [3.63, 3.8) is 0 Å². The topological polar surface area (TPSA) is 30.0 Å². The van der Waals surface area contributed by atoms with Crippen molar-refractivity contribution in [2.24, 2.45) is 0 Å². The Balaban J connectivity index is 0. The minimum absolute atomic E-state index is 0. The molecule has 0 spiro atoms. The molecule has 0 unspecified atom stereocenters. The molecule has 0 aliphatic heterocycles. The molecule has 0 saturated heterocycles. The van der Waals surface area contributed by atoms with Crippen molar-refractivity contribution in [1.82, 2.24) is 0 Å². The molecule has 0 bridgehead atoms. The number of hydrogen-bond acceptors (Lipinski definition) is 1. The van der Waals surface area contributed by atoms with E-state index in [1.807, 2.05) is 0 Å². The molecule has 0 aliphatic rings. The SMILES string of the molecule is [Al+3].[F-].[Na+].[OH-]. The predicted octanol–water partition coefficient (Wildman–Crippen LogP) is -6.55. The minimum atomic E-state index is 0. The average Bonchev–Trinajstić information content (AvgIpc) is 0. The Morgan fingerprint density at radius 3 is 1.00 bits per heavy atom. The Kier molecular flexibility index (Phi) is 335. The van der Waals surface area contributed by atoms with E-state index >= 15 is 0 Å². The van der Waals surface area contributed by atoms with Gasteiger partial charge in [-0.15, -0.1) is 0 Å². The molecule has 0 aromatic carbocycles. The summed E-state index contributed by atoms with van der Waals surface area (Å²) in [6.07, 6.45) is 0. The van der Waals surface area contributed by atoms with Crippen LogP contribution >= 0.6 is 0 Å². The molecule has 0 atom stereocenters. The van der Waals surface area contributed by atoms with E-state index in [1.54, 1.807) is 0 Å². The summed E-state index contributed by atoms with van der Waals surface area (Å²) in [6.45, 7) is 0. The average molecular weight is 86.0 g/mol. The van der Waals surface area contributed by atoms with Gasteiger partial charge in [-0.3, -0.25) is 0 Å². The fourth-order valence-corrected chi connectivity index (χ4v) is 0. The fraction of sp³-hybridized carbons (Fsp3) is 0. The maximum Gasteiger partial charge on any atom is 3.00 e. The van der Waals surface area contributed by atoms with Gasteiger partial charge in [-0.05, 0) is 0 Å². The van der Waals surface area contributed by atoms with E-state index in [2.05, 4.69) is 0 Å². The van der Waals surface area contributed by atoms with Crippen molar-refractivity contribution in [2.45, 2.75) is 0 Å². The molecular weight excluding hydrogens is 85.0 g/mol. The van der Waals surface area contributed by atoms with E-state index < -0.39 is 0 Å². The Hall–Kier alpha value is 1.42. The third-order valence-corrected chi connectivity index (χ3v) is 0. The Labute approximate surface area is 56.9 Å². The summed E-state index contributed by atoms with van der Waals surface area (Å²) in [7, 11) is 0. The molecule has 0 radical (unpaired) electrons. The van der Waals surface area contributed by atoms with E-state index in [4.69, 9.17) is 0 Å². The summed E-state index contributed by atoms with van der Waals surface area (Å²) < 4.78 is 0. The molecule has 4 heteroatoms. The van der Waals surface area contributed by atoms with Gasteiger partial charge in [-0.2, -0.15) is 0 Å². The van der Waals surface area contributed by atoms with Gasteiger partial charge < -0.3 is 10.2 Å². The number of halogens is 1. The predicted molar refractivity (Wildman–Crippen MR) is 7.69 cm³/mol. The van der Waals surface area contributed by atoms with Gasteiger partial charge in [0.15, 0.2) is 0 Å². The summed E-state index contributed by atoms with van der Waals surface area (Å²) in [6, 6.07) is 0. The molecular formula is HAlFNaO+2. The monoisotopic (exact) mass is 86.0 g/mol. The van der Waals surface area contributed by atoms with Crippen LogP contribution in [0.3, 0.4) is 0 Å². The molecule has 4 heavy (non-hydrogen) atoms. The zero-order valence-corrected chi connectivity index (χ0v) is 5.56. The summed E-state index contributed by atoms with van der Waals surface area (Å²) in [5, 5.41) is 0. The maximum absolute atomic E-state index is 0. The Morgan fingerprint density at radius 1 is 1.00 bits per heavy atom. The quantitative estimate of drug-likeness (QED) is 0.269. The van der Waals surface area contributed by atoms with Crippen molar-refractivity contribution >= 4 is 17.4 Å². The van der Waals surface area contributed by atoms with Crippen LogP contribution < -0.4 is 34.3 Å². The van der Waals surface area contributed by atoms with Gasteiger partial charge in [0.05, 0.1) is 0 Å². The number of hydrogen-bond donors (Lipinski definition) is 0. The molecule has 0 aliphatic carbocycles. The van der Waals surface area contributed by atoms with Crippen molar-refractivity contribution in [1.29, 1.82) is 0 Å². The molecule has 0 aromatic rings. The van der Waals surface area contributed by atoms with Crippen LogP contribution in [0.4, 0.5) is 0 Å². The van der Waals surface area contributed by atoms with Gasteiger partial charge in [-0.25, -0.2) is 0 Å². The van der Waals surface area contributed by atoms with Crippen molar-refractivity contribution in [3.05, 3.63) is 0 Å². The van der Waals surface area contributed by atoms with Crippen LogP contribution in [0.15, 0.2) is 0 Å². The van der Waals surface area contributed by atoms with Gasteiger partial charge in [0.1, 0.15) is 0 Å². The summed E-state index contributed by atoms with van der Waals surface area (Å²) in [5.74, 6) is 0.